The number of non-ortho nitro benzene ring substituents is 1. The van der Waals surface area contributed by atoms with E-state index in [0.29, 0.717) is 61.9 Å². The Hall–Kier alpha value is -18.0. The van der Waals surface area contributed by atoms with Gasteiger partial charge in [-0.1, -0.05) is 48.5 Å². The third-order valence-corrected chi connectivity index (χ3v) is 16.4. The number of imide groups is 2. The van der Waals surface area contributed by atoms with E-state index >= 15 is 0 Å². The minimum absolute atomic E-state index is 0.0470. The van der Waals surface area contributed by atoms with Crippen LogP contribution in [0.4, 0.5) is 105 Å². The average Bonchev–Trinajstić information content (AvgIpc) is 1.62. The van der Waals surface area contributed by atoms with Crippen molar-refractivity contribution in [2.24, 2.45) is 0 Å². The Morgan fingerprint density at radius 1 is 0.329 bits per heavy atom. The number of carbonyl (C=O) groups is 13. The number of rotatable bonds is 12. The van der Waals surface area contributed by atoms with Crippen LogP contribution in [-0.4, -0.2) is 159 Å². The Labute approximate surface area is 807 Å². The van der Waals surface area contributed by atoms with Crippen LogP contribution in [0.1, 0.15) is 187 Å². The summed E-state index contributed by atoms with van der Waals surface area (Å²) in [5.41, 5.74) is 22.7. The first-order chi connectivity index (χ1) is 65.3. The van der Waals surface area contributed by atoms with Crippen LogP contribution in [0, 0.1) is 30.3 Å². The summed E-state index contributed by atoms with van der Waals surface area (Å²) < 4.78 is 29.7. The molecule has 0 saturated heterocycles. The van der Waals surface area contributed by atoms with Crippen LogP contribution in [0.2, 0.25) is 0 Å². The molecule has 11 aromatic rings. The third-order valence-electron chi connectivity index (χ3n) is 16.0. The molecule has 3 aliphatic heterocycles. The smallest absolute Gasteiger partial charge is 0.413 e. The van der Waals surface area contributed by atoms with Gasteiger partial charge in [-0.05, 0) is 224 Å². The zero-order valence-corrected chi connectivity index (χ0v) is 78.9. The van der Waals surface area contributed by atoms with E-state index in [1.54, 1.807) is 207 Å². The van der Waals surface area contributed by atoms with E-state index in [0.717, 1.165) is 22.2 Å². The van der Waals surface area contributed by atoms with Crippen molar-refractivity contribution in [3.05, 3.63) is 294 Å². The van der Waals surface area contributed by atoms with Gasteiger partial charge in [0.1, 0.15) is 63.7 Å². The number of nitro benzene ring substituents is 1. The number of anilines is 11. The Morgan fingerprint density at radius 2 is 0.621 bits per heavy atom. The Kier molecular flexibility index (Phi) is 39.4. The maximum Gasteiger partial charge on any atom is 0.413 e. The second-order valence-corrected chi connectivity index (χ2v) is 33.8. The molecule has 9 heterocycles. The number of benzene rings is 5. The highest BCUT2D eigenvalue weighted by Crippen LogP contribution is 2.31. The minimum atomic E-state index is -0.681. The summed E-state index contributed by atoms with van der Waals surface area (Å²) in [7, 11) is 0. The van der Waals surface area contributed by atoms with Gasteiger partial charge in [-0.2, -0.15) is 0 Å². The monoisotopic (exact) mass is 1960 g/mol. The molecule has 0 unspecified atom stereocenters. The molecule has 0 atom stereocenters. The predicted octanol–water partition coefficient (Wildman–Crippen LogP) is 16.8. The summed E-state index contributed by atoms with van der Waals surface area (Å²) in [6.07, 6.45) is 7.42. The van der Waals surface area contributed by atoms with Crippen molar-refractivity contribution in [1.29, 1.82) is 0 Å². The molecular weight excluding hydrogens is 1870 g/mol. The Bertz CT molecular complexity index is 5930. The SMILES string of the molecule is CC(C)(C)OC(=O)Nc1ccc(N)cn1.CC(C)(C)OC(=O)Nc1ccc(N2C(=O)c3ccccc3C2=O)cn1.CC(C)(C)OC(=O)Nc1ccc([N+](=O)[O-])cn1.CC(C)(C)OC(=O)Nc1cnc(N)nc1.CC(C)(C)OC(=O)Nc1cnc(N2C(=O)c3ccccc3C2=O)nc1.Nc1ccc([N+](=O)[O-])cc1.Nc1ccc([N+](=O)[O-])cn1.O=C(Cl)c1ccccc1C(=O)Cl.O=C1OC(=O)c2ccccc21. The van der Waals surface area contributed by atoms with E-state index in [1.165, 1.54) is 104 Å². The highest BCUT2D eigenvalue weighted by Gasteiger charge is 2.39. The predicted molar refractivity (Wildman–Crippen MR) is 513 cm³/mol. The number of nitrogens with zero attached hydrogens (tertiary/aromatic N) is 13. The normalized spacial score (nSPS) is 11.8. The molecule has 0 bridgehead atoms. The van der Waals surface area contributed by atoms with Crippen molar-refractivity contribution < 1.29 is 106 Å². The molecule has 0 fully saturated rings. The van der Waals surface area contributed by atoms with Crippen molar-refractivity contribution in [3.8, 4) is 0 Å². The molecule has 0 spiro atoms. The number of aromatic nitrogens is 8. The number of fused-ring (bicyclic) bond motifs is 3. The van der Waals surface area contributed by atoms with Crippen molar-refractivity contribution >= 4 is 180 Å². The van der Waals surface area contributed by atoms with Crippen molar-refractivity contribution in [1.82, 2.24) is 39.9 Å². The van der Waals surface area contributed by atoms with E-state index in [2.05, 4.69) is 71.2 Å². The molecule has 6 aromatic heterocycles. The lowest BCUT2D eigenvalue weighted by molar-refractivity contribution is -0.385. The van der Waals surface area contributed by atoms with Gasteiger partial charge >= 0.3 is 42.4 Å². The minimum Gasteiger partial charge on any atom is -0.444 e. The molecule has 14 rings (SSSR count). The number of esters is 2. The van der Waals surface area contributed by atoms with Gasteiger partial charge in [0, 0.05) is 41.1 Å². The number of pyridine rings is 4. The first-order valence-corrected chi connectivity index (χ1v) is 41.4. The molecule has 732 valence electrons. The van der Waals surface area contributed by atoms with E-state index in [1.807, 2.05) is 0 Å². The number of ether oxygens (including phenoxy) is 6. The highest BCUT2D eigenvalue weighted by atomic mass is 35.5. The molecule has 3 aliphatic rings. The zero-order valence-electron chi connectivity index (χ0n) is 77.4. The summed E-state index contributed by atoms with van der Waals surface area (Å²) in [6.45, 7) is 26.4. The van der Waals surface area contributed by atoms with Crippen LogP contribution < -0.4 is 59.3 Å². The van der Waals surface area contributed by atoms with Gasteiger partial charge in [0.2, 0.25) is 11.9 Å². The fourth-order valence-electron chi connectivity index (χ4n) is 10.4. The van der Waals surface area contributed by atoms with E-state index in [9.17, 15) is 92.7 Å². The summed E-state index contributed by atoms with van der Waals surface area (Å²) in [5, 5.41) is 41.5. The first-order valence-electron chi connectivity index (χ1n) is 40.7. The zero-order chi connectivity index (χ0) is 104. The first kappa shape index (κ1) is 111. The van der Waals surface area contributed by atoms with Gasteiger partial charge in [0.25, 0.3) is 51.2 Å². The summed E-state index contributed by atoms with van der Waals surface area (Å²) in [5.74, 6) is -1.59. The lowest BCUT2D eigenvalue weighted by Gasteiger charge is -2.19. The van der Waals surface area contributed by atoms with Gasteiger partial charge in [-0.25, -0.2) is 83.2 Å². The van der Waals surface area contributed by atoms with E-state index < -0.39 is 119 Å². The maximum atomic E-state index is 12.4. The molecule has 0 aliphatic carbocycles. The van der Waals surface area contributed by atoms with Gasteiger partial charge in [-0.3, -0.25) is 85.7 Å². The standard InChI is InChI=1S/C18H17N3O4.C17H16N4O4.C10H13N3O4.C10H15N3O2.C9H14N4O2.C8H4Cl2O2.C8H4O3.C6H6N2O2.C5H5N3O2/c1-18(2,3)25-17(24)20-14-9-8-11(10-19-14)21-15(22)12-6-4-5-7-13(12)16(21)23;1-17(2,3)25-16(24)20-10-8-18-15(19-9-10)21-13(22)11-6-4-5-7-12(11)14(21)23;1-10(2,3)17-9(14)12-8-5-4-7(6-11-8)13(15)16;1-10(2,3)15-9(14)13-8-5-4-7(11)6-12-8;1-9(2,3)15-8(14)13-6-4-11-7(10)12-5-6;9-7(11)5-3-1-2-4-6(5)8(10)12;9-7-5-3-1-2-4-6(5)8(10)11-7;7-5-1-3-6(4-2-5)8(9)10;6-5-2-1-4(3-7-5)8(9)10/h4-10H,1-3H3,(H,19,20,24);4-9H,1-3H3,(H,20,24);4-6H,1-3H3,(H,11,12,14);4-6H,11H2,1-3H3,(H,12,13,14);4-5H,1-3H3,(H,13,14)(H2,10,11,12);1-4H;1-4H;1-4H,7H2;1-3H,(H2,6,7). The molecule has 49 heteroatoms. The van der Waals surface area contributed by atoms with Crippen LogP contribution in [0.25, 0.3) is 0 Å². The Morgan fingerprint density at radius 3 is 0.929 bits per heavy atom. The number of nitrogens with one attached hydrogen (secondary N) is 5. The second-order valence-electron chi connectivity index (χ2n) is 33.1. The molecule has 0 saturated carbocycles. The molecule has 5 aromatic carbocycles. The van der Waals surface area contributed by atoms with Crippen LogP contribution in [0.5, 0.6) is 0 Å². The number of amides is 9. The Balaban J connectivity index is 0.000000246. The molecular formula is C91H94Cl2N22O25. The number of halogens is 2. The molecule has 0 radical (unpaired) electrons. The summed E-state index contributed by atoms with van der Waals surface area (Å²) >= 11 is 10.4. The van der Waals surface area contributed by atoms with Gasteiger partial charge < -0.3 is 51.4 Å². The van der Waals surface area contributed by atoms with Crippen LogP contribution in [-0.2, 0) is 28.4 Å². The fraction of sp³-hybridized carbons (Fsp3) is 0.220. The van der Waals surface area contributed by atoms with E-state index in [-0.39, 0.29) is 63.2 Å². The van der Waals surface area contributed by atoms with Crippen LogP contribution in [0.3, 0.4) is 0 Å². The topological polar surface area (TPSA) is 681 Å². The molecule has 47 nitrogen and oxygen atoms in total. The number of cyclic esters (lactones) is 2. The number of carbonyl (C=O) groups excluding carboxylic acids is 13. The summed E-state index contributed by atoms with van der Waals surface area (Å²) in [4.78, 5) is 212. The third kappa shape index (κ3) is 37.4. The van der Waals surface area contributed by atoms with Crippen LogP contribution in [0.15, 0.2) is 219 Å². The molecule has 140 heavy (non-hydrogen) atoms. The van der Waals surface area contributed by atoms with Crippen molar-refractivity contribution in [3.63, 3.8) is 0 Å². The lowest BCUT2D eigenvalue weighted by Crippen LogP contribution is -2.31. The van der Waals surface area contributed by atoms with Crippen molar-refractivity contribution in [2.45, 2.75) is 132 Å². The fourth-order valence-corrected chi connectivity index (χ4v) is 10.7. The number of nitrogen functional groups attached to an aromatic ring is 4. The van der Waals surface area contributed by atoms with Gasteiger partial charge in [0.15, 0.2) is 0 Å². The summed E-state index contributed by atoms with van der Waals surface area (Å²) in [6, 6.07) is 43.1. The van der Waals surface area contributed by atoms with E-state index in [4.69, 9.17) is 69.8 Å². The second kappa shape index (κ2) is 49.8. The maximum absolute atomic E-state index is 12.4. The van der Waals surface area contributed by atoms with Crippen LogP contribution >= 0.6 is 23.2 Å². The average molecular weight is 1970 g/mol. The number of hydrogen-bond acceptors (Lipinski definition) is 37. The molecule has 9 amide bonds. The quantitative estimate of drug-likeness (QED) is 0.00801. The number of nitrogens with two attached hydrogens (primary N) is 4. The lowest BCUT2D eigenvalue weighted by atomic mass is 10.1. The van der Waals surface area contributed by atoms with Crippen molar-refractivity contribution in [2.75, 3.05) is 59.3 Å². The largest absolute Gasteiger partial charge is 0.444 e. The van der Waals surface area contributed by atoms with Gasteiger partial charge in [-0.15, -0.1) is 0 Å². The molecule has 13 N–H and O–H groups in total. The number of hydrogen-bond donors (Lipinski definition) is 9. The van der Waals surface area contributed by atoms with Gasteiger partial charge in [0.05, 0.1) is 108 Å². The highest BCUT2D eigenvalue weighted by molar-refractivity contribution is 6.72. The number of nitro groups is 3.